The largest absolute Gasteiger partial charge is 0.368 e. The minimum Gasteiger partial charge on any atom is -0.368 e. The number of nitrogens with zero attached hydrogens (tertiary/aromatic N) is 3. The van der Waals surface area contributed by atoms with E-state index in [1.807, 2.05) is 4.57 Å². The van der Waals surface area contributed by atoms with Gasteiger partial charge in [0.15, 0.2) is 5.16 Å². The molecule has 4 nitrogen and oxygen atoms in total. The van der Waals surface area contributed by atoms with Gasteiger partial charge in [0.05, 0.1) is 5.69 Å². The zero-order chi connectivity index (χ0) is 15.8. The maximum atomic E-state index is 6.12. The highest BCUT2D eigenvalue weighted by atomic mass is 32.2. The summed E-state index contributed by atoms with van der Waals surface area (Å²) in [4.78, 5) is 0. The van der Waals surface area contributed by atoms with Crippen molar-refractivity contribution >= 4 is 28.5 Å². The molecule has 1 fully saturated rings. The van der Waals surface area contributed by atoms with Gasteiger partial charge in [-0.3, -0.25) is 4.57 Å². The van der Waals surface area contributed by atoms with Crippen LogP contribution in [0.4, 0.5) is 5.95 Å². The molecule has 1 aromatic heterocycles. The second kappa shape index (κ2) is 5.89. The number of nitrogens with two attached hydrogens (primary N) is 1. The number of benzene rings is 2. The van der Waals surface area contributed by atoms with E-state index in [0.717, 1.165) is 28.9 Å². The van der Waals surface area contributed by atoms with Crippen molar-refractivity contribution in [2.24, 2.45) is 0 Å². The molecule has 0 bridgehead atoms. The Labute approximate surface area is 140 Å². The third-order valence-electron chi connectivity index (χ3n) is 4.29. The Balaban J connectivity index is 1.90. The number of hydrogen-bond donors (Lipinski definition) is 1. The molecule has 0 amide bonds. The topological polar surface area (TPSA) is 56.7 Å². The van der Waals surface area contributed by atoms with Crippen LogP contribution in [0.25, 0.3) is 16.5 Å². The van der Waals surface area contributed by atoms with E-state index in [1.165, 1.54) is 29.2 Å². The van der Waals surface area contributed by atoms with Crippen molar-refractivity contribution in [1.29, 1.82) is 0 Å². The number of rotatable bonds is 5. The first-order valence-electron chi connectivity index (χ1n) is 8.15. The lowest BCUT2D eigenvalue weighted by Crippen LogP contribution is -2.03. The molecule has 23 heavy (non-hydrogen) atoms. The maximum absolute atomic E-state index is 6.12. The molecule has 1 heterocycles. The highest BCUT2D eigenvalue weighted by molar-refractivity contribution is 7.99. The number of nitrogen functional groups attached to an aromatic ring is 1. The van der Waals surface area contributed by atoms with Gasteiger partial charge in [-0.25, -0.2) is 0 Å². The number of anilines is 1. The van der Waals surface area contributed by atoms with E-state index in [2.05, 4.69) is 53.5 Å². The fraction of sp³-hybridized carbons (Fsp3) is 0.333. The van der Waals surface area contributed by atoms with Crippen LogP contribution in [0.15, 0.2) is 41.6 Å². The van der Waals surface area contributed by atoms with E-state index in [4.69, 9.17) is 5.73 Å². The van der Waals surface area contributed by atoms with Crippen LogP contribution in [0.1, 0.15) is 37.7 Å². The van der Waals surface area contributed by atoms with Crippen molar-refractivity contribution < 1.29 is 0 Å². The smallest absolute Gasteiger partial charge is 0.227 e. The van der Waals surface area contributed by atoms with Crippen LogP contribution < -0.4 is 5.73 Å². The summed E-state index contributed by atoms with van der Waals surface area (Å²) in [6.07, 6.45) is 3.70. The molecule has 3 aromatic rings. The summed E-state index contributed by atoms with van der Waals surface area (Å²) in [5.41, 5.74) is 8.65. The molecule has 1 aliphatic carbocycles. The summed E-state index contributed by atoms with van der Waals surface area (Å²) in [5, 5.41) is 11.8. The fourth-order valence-corrected chi connectivity index (χ4v) is 3.85. The second-order valence-electron chi connectivity index (χ2n) is 6.02. The molecule has 0 saturated heterocycles. The highest BCUT2D eigenvalue weighted by Crippen LogP contribution is 2.44. The van der Waals surface area contributed by atoms with Crippen molar-refractivity contribution in [3.8, 4) is 5.69 Å². The van der Waals surface area contributed by atoms with Gasteiger partial charge in [-0.15, -0.1) is 10.2 Å². The zero-order valence-electron chi connectivity index (χ0n) is 13.2. The quantitative estimate of drug-likeness (QED) is 0.708. The van der Waals surface area contributed by atoms with Gasteiger partial charge < -0.3 is 5.73 Å². The Morgan fingerprint density at radius 2 is 1.91 bits per heavy atom. The van der Waals surface area contributed by atoms with Crippen LogP contribution in [0, 0.1) is 0 Å². The van der Waals surface area contributed by atoms with Crippen LogP contribution in [-0.4, -0.2) is 20.5 Å². The van der Waals surface area contributed by atoms with E-state index < -0.39 is 0 Å². The Morgan fingerprint density at radius 3 is 2.65 bits per heavy atom. The van der Waals surface area contributed by atoms with Crippen LogP contribution in [-0.2, 0) is 0 Å². The van der Waals surface area contributed by atoms with Gasteiger partial charge in [0.2, 0.25) is 5.95 Å². The van der Waals surface area contributed by atoms with Gasteiger partial charge >= 0.3 is 0 Å². The predicted molar refractivity (Wildman–Crippen MR) is 96.3 cm³/mol. The highest BCUT2D eigenvalue weighted by Gasteiger charge is 2.26. The molecule has 0 radical (unpaired) electrons. The number of fused-ring (bicyclic) bond motifs is 1. The summed E-state index contributed by atoms with van der Waals surface area (Å²) in [6.45, 7) is 2.16. The summed E-state index contributed by atoms with van der Waals surface area (Å²) < 4.78 is 1.99. The third-order valence-corrected chi connectivity index (χ3v) is 5.42. The zero-order valence-corrected chi connectivity index (χ0v) is 14.0. The van der Waals surface area contributed by atoms with Gasteiger partial charge in [-0.2, -0.15) is 0 Å². The van der Waals surface area contributed by atoms with E-state index in [0.29, 0.717) is 5.95 Å². The van der Waals surface area contributed by atoms with Crippen molar-refractivity contribution in [3.63, 3.8) is 0 Å². The lowest BCUT2D eigenvalue weighted by Gasteiger charge is -2.14. The monoisotopic (exact) mass is 324 g/mol. The van der Waals surface area contributed by atoms with E-state index in [-0.39, 0.29) is 0 Å². The fourth-order valence-electron chi connectivity index (χ4n) is 3.05. The Morgan fingerprint density at radius 1 is 1.13 bits per heavy atom. The summed E-state index contributed by atoms with van der Waals surface area (Å²) >= 11 is 1.70. The van der Waals surface area contributed by atoms with Crippen molar-refractivity contribution in [2.45, 2.75) is 37.3 Å². The minimum absolute atomic E-state index is 0.452. The summed E-state index contributed by atoms with van der Waals surface area (Å²) in [7, 11) is 0. The third kappa shape index (κ3) is 2.59. The molecule has 5 heteroatoms. The molecular weight excluding hydrogens is 304 g/mol. The maximum Gasteiger partial charge on any atom is 0.227 e. The minimum atomic E-state index is 0.452. The molecule has 1 aliphatic rings. The Hall–Kier alpha value is -2.01. The average Bonchev–Trinajstić information content (AvgIpc) is 3.36. The molecule has 1 saturated carbocycles. The van der Waals surface area contributed by atoms with Gasteiger partial charge in [0, 0.05) is 11.1 Å². The van der Waals surface area contributed by atoms with Gasteiger partial charge in [-0.1, -0.05) is 49.0 Å². The normalized spacial score (nSPS) is 14.5. The molecule has 0 unspecified atom stereocenters. The first kappa shape index (κ1) is 14.6. The summed E-state index contributed by atoms with van der Waals surface area (Å²) in [6, 6.07) is 13.0. The van der Waals surface area contributed by atoms with Crippen molar-refractivity contribution in [3.05, 3.63) is 42.0 Å². The molecule has 0 atom stereocenters. The predicted octanol–water partition coefficient (Wildman–Crippen LogP) is 4.38. The number of aromatic nitrogens is 3. The first-order chi connectivity index (χ1) is 11.3. The van der Waals surface area contributed by atoms with E-state index in [1.54, 1.807) is 11.8 Å². The van der Waals surface area contributed by atoms with Crippen LogP contribution >= 0.6 is 11.8 Å². The van der Waals surface area contributed by atoms with E-state index >= 15 is 0 Å². The molecule has 2 aromatic carbocycles. The Kier molecular flexibility index (Phi) is 3.73. The molecule has 0 spiro atoms. The standard InChI is InChI=1S/C18H20N4S/c1-2-11-23-18-21-20-17(19)22(18)16-10-9-13(12-7-8-12)14-5-3-4-6-15(14)16/h3-6,9-10,12H,2,7-8,11H2,1H3,(H2,19,20). The molecule has 2 N–H and O–H groups in total. The number of hydrogen-bond acceptors (Lipinski definition) is 4. The molecule has 4 rings (SSSR count). The van der Waals surface area contributed by atoms with Gasteiger partial charge in [0.1, 0.15) is 0 Å². The van der Waals surface area contributed by atoms with Gasteiger partial charge in [0.25, 0.3) is 0 Å². The molecule has 118 valence electrons. The SMILES string of the molecule is CCCSc1nnc(N)n1-c1ccc(C2CC2)c2ccccc12. The van der Waals surface area contributed by atoms with Crippen LogP contribution in [0.2, 0.25) is 0 Å². The molecule has 0 aliphatic heterocycles. The number of thioether (sulfide) groups is 1. The van der Waals surface area contributed by atoms with Crippen molar-refractivity contribution in [2.75, 3.05) is 11.5 Å². The lowest BCUT2D eigenvalue weighted by atomic mass is 9.99. The average molecular weight is 324 g/mol. The van der Waals surface area contributed by atoms with Gasteiger partial charge in [-0.05, 0) is 42.2 Å². The van der Waals surface area contributed by atoms with Crippen LogP contribution in [0.5, 0.6) is 0 Å². The van der Waals surface area contributed by atoms with E-state index in [9.17, 15) is 0 Å². The summed E-state index contributed by atoms with van der Waals surface area (Å²) in [5.74, 6) is 2.19. The van der Waals surface area contributed by atoms with Crippen molar-refractivity contribution in [1.82, 2.24) is 14.8 Å². The lowest BCUT2D eigenvalue weighted by molar-refractivity contribution is 0.889. The second-order valence-corrected chi connectivity index (χ2v) is 7.08. The first-order valence-corrected chi connectivity index (χ1v) is 9.14. The Bertz CT molecular complexity index is 851. The molecular formula is C18H20N4S. The van der Waals surface area contributed by atoms with Crippen LogP contribution in [0.3, 0.4) is 0 Å².